The molecule has 29 heavy (non-hydrogen) atoms. The van der Waals surface area contributed by atoms with Crippen molar-refractivity contribution in [2.24, 2.45) is 0 Å². The molecule has 2 heterocycles. The summed E-state index contributed by atoms with van der Waals surface area (Å²) >= 11 is 0. The zero-order valence-electron chi connectivity index (χ0n) is 17.6. The van der Waals surface area contributed by atoms with E-state index in [0.717, 1.165) is 35.4 Å². The minimum Gasteiger partial charge on any atom is -0.485 e. The number of hydrogen-bond donors (Lipinski definition) is 1. The number of aromatic nitrogens is 2. The topological polar surface area (TPSA) is 69.3 Å². The lowest BCUT2D eigenvalue weighted by molar-refractivity contribution is 0.0920. The van der Waals surface area contributed by atoms with E-state index in [4.69, 9.17) is 9.15 Å². The number of aryl methyl sites for hydroxylation is 3. The molecule has 0 spiro atoms. The Balaban J connectivity index is 1.49. The number of carbonyl (C=O) groups is 1. The van der Waals surface area contributed by atoms with Crippen molar-refractivity contribution < 1.29 is 13.9 Å². The molecular formula is C23H29N3O3. The first-order chi connectivity index (χ1) is 13.9. The highest BCUT2D eigenvalue weighted by molar-refractivity contribution is 5.91. The third-order valence-corrected chi connectivity index (χ3v) is 4.66. The van der Waals surface area contributed by atoms with E-state index < -0.39 is 0 Å². The van der Waals surface area contributed by atoms with Crippen molar-refractivity contribution in [3.8, 4) is 5.75 Å². The molecule has 3 aromatic rings. The maximum Gasteiger partial charge on any atom is 0.286 e. The van der Waals surface area contributed by atoms with Crippen molar-refractivity contribution in [1.29, 1.82) is 0 Å². The van der Waals surface area contributed by atoms with Gasteiger partial charge in [-0.3, -0.25) is 9.48 Å². The number of furan rings is 1. The predicted octanol–water partition coefficient (Wildman–Crippen LogP) is 4.62. The Morgan fingerprint density at radius 2 is 2.03 bits per heavy atom. The number of hydrogen-bond acceptors (Lipinski definition) is 4. The minimum absolute atomic E-state index is 0.216. The molecule has 0 radical (unpaired) electrons. The fourth-order valence-corrected chi connectivity index (χ4v) is 3.09. The molecule has 0 saturated carbocycles. The first kappa shape index (κ1) is 20.7. The van der Waals surface area contributed by atoms with E-state index in [1.807, 2.05) is 37.0 Å². The largest absolute Gasteiger partial charge is 0.485 e. The van der Waals surface area contributed by atoms with Crippen molar-refractivity contribution in [3.05, 3.63) is 70.9 Å². The Hall–Kier alpha value is -3.02. The van der Waals surface area contributed by atoms with Crippen LogP contribution in [0.4, 0.5) is 0 Å². The summed E-state index contributed by atoms with van der Waals surface area (Å²) in [6.07, 6.45) is 4.61. The van der Waals surface area contributed by atoms with E-state index in [1.54, 1.807) is 12.1 Å². The summed E-state index contributed by atoms with van der Waals surface area (Å²) in [5.41, 5.74) is 3.44. The fraction of sp³-hybridized carbons (Fsp3) is 0.391. The van der Waals surface area contributed by atoms with Crippen molar-refractivity contribution in [3.63, 3.8) is 0 Å². The molecule has 2 aromatic heterocycles. The van der Waals surface area contributed by atoms with Gasteiger partial charge in [0.25, 0.3) is 5.91 Å². The van der Waals surface area contributed by atoms with Crippen LogP contribution in [0.5, 0.6) is 5.75 Å². The third-order valence-electron chi connectivity index (χ3n) is 4.66. The number of benzene rings is 1. The zero-order chi connectivity index (χ0) is 20.8. The maximum atomic E-state index is 12.3. The number of rotatable bonds is 9. The van der Waals surface area contributed by atoms with E-state index in [-0.39, 0.29) is 12.5 Å². The molecule has 1 aromatic carbocycles. The molecule has 0 aliphatic heterocycles. The summed E-state index contributed by atoms with van der Waals surface area (Å²) in [6.45, 7) is 9.94. The molecule has 6 nitrogen and oxygen atoms in total. The van der Waals surface area contributed by atoms with Crippen molar-refractivity contribution in [2.45, 2.75) is 53.2 Å². The Labute approximate surface area is 171 Å². The lowest BCUT2D eigenvalue weighted by atomic mass is 10.0. The molecular weight excluding hydrogens is 366 g/mol. The van der Waals surface area contributed by atoms with Crippen LogP contribution >= 0.6 is 0 Å². The summed E-state index contributed by atoms with van der Waals surface area (Å²) < 4.78 is 13.5. The summed E-state index contributed by atoms with van der Waals surface area (Å²) in [7, 11) is 0. The molecule has 0 aliphatic rings. The standard InChI is InChI=1S/C23H29N3O3/c1-16(2)20-8-6-17(3)12-22(20)28-15-19-7-9-21(29-19)23(27)24-10-5-11-26-14-18(4)13-25-26/h6-9,12-14,16H,5,10-11,15H2,1-4H3,(H,24,27). The lowest BCUT2D eigenvalue weighted by Crippen LogP contribution is -2.24. The maximum absolute atomic E-state index is 12.3. The van der Waals surface area contributed by atoms with Crippen LogP contribution in [0.15, 0.2) is 47.1 Å². The number of nitrogens with one attached hydrogen (secondary N) is 1. The average molecular weight is 396 g/mol. The highest BCUT2D eigenvalue weighted by Crippen LogP contribution is 2.28. The van der Waals surface area contributed by atoms with Gasteiger partial charge >= 0.3 is 0 Å². The van der Waals surface area contributed by atoms with Crippen LogP contribution in [0.2, 0.25) is 0 Å². The van der Waals surface area contributed by atoms with E-state index in [2.05, 4.69) is 36.4 Å². The van der Waals surface area contributed by atoms with Crippen LogP contribution in [0.3, 0.4) is 0 Å². The quantitative estimate of drug-likeness (QED) is 0.537. The number of ether oxygens (including phenoxy) is 1. The smallest absolute Gasteiger partial charge is 0.286 e. The van der Waals surface area contributed by atoms with Gasteiger partial charge in [-0.2, -0.15) is 5.10 Å². The molecule has 3 rings (SSSR count). The van der Waals surface area contributed by atoms with Crippen LogP contribution in [0, 0.1) is 13.8 Å². The monoisotopic (exact) mass is 395 g/mol. The lowest BCUT2D eigenvalue weighted by Gasteiger charge is -2.14. The minimum atomic E-state index is -0.216. The number of amides is 1. The predicted molar refractivity (Wildman–Crippen MR) is 112 cm³/mol. The molecule has 0 bridgehead atoms. The summed E-state index contributed by atoms with van der Waals surface area (Å²) in [5, 5.41) is 7.11. The van der Waals surface area contributed by atoms with E-state index in [9.17, 15) is 4.79 Å². The van der Waals surface area contributed by atoms with Gasteiger partial charge in [0, 0.05) is 19.3 Å². The zero-order valence-corrected chi connectivity index (χ0v) is 17.6. The molecule has 0 fully saturated rings. The number of carbonyl (C=O) groups excluding carboxylic acids is 1. The second-order valence-corrected chi connectivity index (χ2v) is 7.64. The molecule has 1 amide bonds. The van der Waals surface area contributed by atoms with Gasteiger partial charge in [0.2, 0.25) is 0 Å². The summed E-state index contributed by atoms with van der Waals surface area (Å²) in [6, 6.07) is 9.69. The van der Waals surface area contributed by atoms with Crippen molar-refractivity contribution in [2.75, 3.05) is 6.54 Å². The summed E-state index contributed by atoms with van der Waals surface area (Å²) in [4.78, 5) is 12.3. The van der Waals surface area contributed by atoms with Gasteiger partial charge in [0.15, 0.2) is 5.76 Å². The molecule has 1 N–H and O–H groups in total. The molecule has 6 heteroatoms. The van der Waals surface area contributed by atoms with Gasteiger partial charge in [-0.1, -0.05) is 26.0 Å². The number of nitrogens with zero attached hydrogens (tertiary/aromatic N) is 2. The van der Waals surface area contributed by atoms with Crippen LogP contribution in [0.25, 0.3) is 0 Å². The van der Waals surface area contributed by atoms with Crippen molar-refractivity contribution in [1.82, 2.24) is 15.1 Å². The fourth-order valence-electron chi connectivity index (χ4n) is 3.09. The van der Waals surface area contributed by atoms with Crippen LogP contribution in [-0.4, -0.2) is 22.2 Å². The molecule has 0 aliphatic carbocycles. The Kier molecular flexibility index (Phi) is 6.75. The van der Waals surface area contributed by atoms with E-state index in [0.29, 0.717) is 24.0 Å². The third kappa shape index (κ3) is 5.73. The van der Waals surface area contributed by atoms with Gasteiger partial charge in [-0.25, -0.2) is 0 Å². The van der Waals surface area contributed by atoms with Crippen LogP contribution in [-0.2, 0) is 13.2 Å². The van der Waals surface area contributed by atoms with Crippen LogP contribution < -0.4 is 10.1 Å². The summed E-state index contributed by atoms with van der Waals surface area (Å²) in [5.74, 6) is 1.93. The van der Waals surface area contributed by atoms with Crippen LogP contribution in [0.1, 0.15) is 59.2 Å². The average Bonchev–Trinajstić information content (AvgIpc) is 3.32. The molecule has 0 atom stereocenters. The SMILES string of the molecule is Cc1ccc(C(C)C)c(OCc2ccc(C(=O)NCCCn3cc(C)cn3)o2)c1. The Morgan fingerprint density at radius 3 is 2.76 bits per heavy atom. The second kappa shape index (κ2) is 9.45. The van der Waals surface area contributed by atoms with Gasteiger partial charge in [0.05, 0.1) is 6.20 Å². The Morgan fingerprint density at radius 1 is 1.21 bits per heavy atom. The van der Waals surface area contributed by atoms with Gasteiger partial charge in [0.1, 0.15) is 18.1 Å². The highest BCUT2D eigenvalue weighted by atomic mass is 16.5. The molecule has 154 valence electrons. The van der Waals surface area contributed by atoms with E-state index in [1.165, 1.54) is 0 Å². The van der Waals surface area contributed by atoms with Gasteiger partial charge in [-0.05, 0) is 61.1 Å². The van der Waals surface area contributed by atoms with Gasteiger partial charge < -0.3 is 14.5 Å². The highest BCUT2D eigenvalue weighted by Gasteiger charge is 2.13. The van der Waals surface area contributed by atoms with E-state index >= 15 is 0 Å². The van der Waals surface area contributed by atoms with Gasteiger partial charge in [-0.15, -0.1) is 0 Å². The van der Waals surface area contributed by atoms with Crippen molar-refractivity contribution >= 4 is 5.91 Å². The Bertz CT molecular complexity index is 956. The second-order valence-electron chi connectivity index (χ2n) is 7.64. The molecule has 0 saturated heterocycles. The first-order valence-corrected chi connectivity index (χ1v) is 10.0. The molecule has 0 unspecified atom stereocenters. The normalized spacial score (nSPS) is 11.1. The first-order valence-electron chi connectivity index (χ1n) is 10.0.